The molecule has 12 heteroatoms. The number of nitrogens with zero attached hydrogens (tertiary/aromatic N) is 4. The van der Waals surface area contributed by atoms with Crippen LogP contribution in [0.4, 0.5) is 13.2 Å². The van der Waals surface area contributed by atoms with Crippen LogP contribution in [0, 0.1) is 0 Å². The van der Waals surface area contributed by atoms with E-state index in [2.05, 4.69) is 15.6 Å². The molecule has 1 aliphatic heterocycles. The van der Waals surface area contributed by atoms with Crippen molar-refractivity contribution in [1.82, 2.24) is 24.6 Å². The molecule has 170 valence electrons. The Labute approximate surface area is 182 Å². The van der Waals surface area contributed by atoms with Crippen LogP contribution in [0.1, 0.15) is 34.8 Å². The monoisotopic (exact) mass is 467 g/mol. The summed E-state index contributed by atoms with van der Waals surface area (Å²) in [4.78, 5) is 11.7. The maximum Gasteiger partial charge on any atom is 0.416 e. The molecule has 0 saturated carbocycles. The Hall–Kier alpha value is -2.99. The van der Waals surface area contributed by atoms with Gasteiger partial charge in [0.2, 0.25) is 10.0 Å². The molecule has 1 saturated heterocycles. The first-order chi connectivity index (χ1) is 15.1. The summed E-state index contributed by atoms with van der Waals surface area (Å²) in [6.07, 6.45) is -3.58. The van der Waals surface area contributed by atoms with Crippen molar-refractivity contribution >= 4 is 27.0 Å². The van der Waals surface area contributed by atoms with Gasteiger partial charge in [-0.1, -0.05) is 5.21 Å². The van der Waals surface area contributed by atoms with Crippen molar-refractivity contribution in [3.05, 3.63) is 53.6 Å². The highest BCUT2D eigenvalue weighted by Gasteiger charge is 2.33. The average Bonchev–Trinajstić information content (AvgIpc) is 3.21. The van der Waals surface area contributed by atoms with Crippen LogP contribution >= 0.6 is 0 Å². The van der Waals surface area contributed by atoms with E-state index in [0.29, 0.717) is 23.9 Å². The fourth-order valence-electron chi connectivity index (χ4n) is 3.79. The highest BCUT2D eigenvalue weighted by molar-refractivity contribution is 7.89. The SMILES string of the molecule is CNC(=O)c1ccc(S(=O)(=O)N2CCC(n3nnc4cc(C(F)(F)F)ccc43)CC2)cc1. The van der Waals surface area contributed by atoms with Crippen molar-refractivity contribution in [3.63, 3.8) is 0 Å². The zero-order valence-corrected chi connectivity index (χ0v) is 17.8. The lowest BCUT2D eigenvalue weighted by Crippen LogP contribution is -2.39. The number of aromatic nitrogens is 3. The van der Waals surface area contributed by atoms with Crippen LogP contribution in [0.2, 0.25) is 0 Å². The van der Waals surface area contributed by atoms with Crippen molar-refractivity contribution < 1.29 is 26.4 Å². The summed E-state index contributed by atoms with van der Waals surface area (Å²) in [5, 5.41) is 10.4. The highest BCUT2D eigenvalue weighted by Crippen LogP contribution is 2.33. The third-order valence-corrected chi connectivity index (χ3v) is 7.46. The van der Waals surface area contributed by atoms with Crippen LogP contribution in [-0.2, 0) is 16.2 Å². The molecule has 1 aliphatic rings. The van der Waals surface area contributed by atoms with E-state index in [-0.39, 0.29) is 35.5 Å². The van der Waals surface area contributed by atoms with Gasteiger partial charge in [-0.3, -0.25) is 4.79 Å². The number of halogens is 3. The van der Waals surface area contributed by atoms with Crippen LogP contribution in [0.25, 0.3) is 11.0 Å². The Morgan fingerprint density at radius 3 is 2.34 bits per heavy atom. The van der Waals surface area contributed by atoms with Gasteiger partial charge in [0.1, 0.15) is 5.52 Å². The van der Waals surface area contributed by atoms with Gasteiger partial charge in [0.25, 0.3) is 5.91 Å². The van der Waals surface area contributed by atoms with E-state index in [1.165, 1.54) is 41.7 Å². The molecule has 0 unspecified atom stereocenters. The summed E-state index contributed by atoms with van der Waals surface area (Å²) in [5.74, 6) is -0.308. The lowest BCUT2D eigenvalue weighted by atomic mass is 10.1. The summed E-state index contributed by atoms with van der Waals surface area (Å²) >= 11 is 0. The number of sulfonamides is 1. The number of nitrogens with one attached hydrogen (secondary N) is 1. The molecule has 0 spiro atoms. The number of piperidine rings is 1. The number of carbonyl (C=O) groups excluding carboxylic acids is 1. The normalized spacial score (nSPS) is 16.4. The molecule has 32 heavy (non-hydrogen) atoms. The van der Waals surface area contributed by atoms with Crippen molar-refractivity contribution in [1.29, 1.82) is 0 Å². The van der Waals surface area contributed by atoms with Gasteiger partial charge in [-0.2, -0.15) is 17.5 Å². The van der Waals surface area contributed by atoms with Crippen LogP contribution in [0.3, 0.4) is 0 Å². The first-order valence-corrected chi connectivity index (χ1v) is 11.3. The van der Waals surface area contributed by atoms with E-state index >= 15 is 0 Å². The second-order valence-electron chi connectivity index (χ2n) is 7.47. The third-order valence-electron chi connectivity index (χ3n) is 5.55. The minimum absolute atomic E-state index is 0.0921. The first-order valence-electron chi connectivity index (χ1n) is 9.85. The Morgan fingerprint density at radius 1 is 1.09 bits per heavy atom. The number of rotatable bonds is 4. The second-order valence-corrected chi connectivity index (χ2v) is 9.41. The lowest BCUT2D eigenvalue weighted by molar-refractivity contribution is -0.137. The molecule has 0 bridgehead atoms. The fraction of sp³-hybridized carbons (Fsp3) is 0.350. The smallest absolute Gasteiger partial charge is 0.355 e. The van der Waals surface area contributed by atoms with Gasteiger partial charge < -0.3 is 5.32 Å². The second kappa shape index (κ2) is 8.17. The quantitative estimate of drug-likeness (QED) is 0.637. The number of hydrogen-bond acceptors (Lipinski definition) is 5. The molecule has 2 heterocycles. The number of hydrogen-bond donors (Lipinski definition) is 1. The Bertz CT molecular complexity index is 1250. The molecule has 1 N–H and O–H groups in total. The Kier molecular flexibility index (Phi) is 5.67. The maximum atomic E-state index is 13.0. The largest absolute Gasteiger partial charge is 0.416 e. The molecule has 1 aromatic heterocycles. The van der Waals surface area contributed by atoms with Crippen molar-refractivity contribution in [3.8, 4) is 0 Å². The molecule has 4 rings (SSSR count). The highest BCUT2D eigenvalue weighted by atomic mass is 32.2. The van der Waals surface area contributed by atoms with Gasteiger partial charge in [0.05, 0.1) is 22.0 Å². The molecular weight excluding hydrogens is 447 g/mol. The molecule has 0 radical (unpaired) electrons. The molecule has 1 amide bonds. The number of amides is 1. The zero-order chi connectivity index (χ0) is 23.1. The summed E-state index contributed by atoms with van der Waals surface area (Å²) in [6, 6.07) is 8.81. The fourth-order valence-corrected chi connectivity index (χ4v) is 5.26. The van der Waals surface area contributed by atoms with E-state index in [4.69, 9.17) is 0 Å². The minimum atomic E-state index is -4.46. The van der Waals surface area contributed by atoms with E-state index in [1.54, 1.807) is 4.68 Å². The number of alkyl halides is 3. The van der Waals surface area contributed by atoms with Crippen LogP contribution < -0.4 is 5.32 Å². The van der Waals surface area contributed by atoms with Crippen LogP contribution in [-0.4, -0.2) is 53.8 Å². The number of benzene rings is 2. The van der Waals surface area contributed by atoms with E-state index < -0.39 is 21.8 Å². The predicted molar refractivity (Wildman–Crippen MR) is 109 cm³/mol. The third kappa shape index (κ3) is 4.07. The average molecular weight is 467 g/mol. The van der Waals surface area contributed by atoms with Gasteiger partial charge >= 0.3 is 6.18 Å². The standard InChI is InChI=1S/C20H20F3N5O3S/c1-24-19(29)13-2-5-16(6-3-13)32(30,31)27-10-8-15(9-11-27)28-18-7-4-14(20(21,22)23)12-17(18)25-26-28/h2-7,12,15H,8-11H2,1H3,(H,24,29). The van der Waals surface area contributed by atoms with Crippen LogP contribution in [0.15, 0.2) is 47.4 Å². The minimum Gasteiger partial charge on any atom is -0.355 e. The van der Waals surface area contributed by atoms with Gasteiger partial charge in [-0.05, 0) is 55.3 Å². The van der Waals surface area contributed by atoms with E-state index in [0.717, 1.165) is 12.1 Å². The molecule has 8 nitrogen and oxygen atoms in total. The molecule has 1 fully saturated rings. The van der Waals surface area contributed by atoms with Gasteiger partial charge in [-0.15, -0.1) is 5.10 Å². The van der Waals surface area contributed by atoms with E-state index in [1.807, 2.05) is 0 Å². The molecule has 0 aliphatic carbocycles. The lowest BCUT2D eigenvalue weighted by Gasteiger charge is -2.31. The van der Waals surface area contributed by atoms with Crippen LogP contribution in [0.5, 0.6) is 0 Å². The van der Waals surface area contributed by atoms with Gasteiger partial charge in [-0.25, -0.2) is 13.1 Å². The maximum absolute atomic E-state index is 13.0. The predicted octanol–water partition coefficient (Wildman–Crippen LogP) is 2.84. The number of fused-ring (bicyclic) bond motifs is 1. The molecule has 2 aromatic carbocycles. The zero-order valence-electron chi connectivity index (χ0n) is 17.0. The van der Waals surface area contributed by atoms with Crippen molar-refractivity contribution in [2.24, 2.45) is 0 Å². The summed E-state index contributed by atoms with van der Waals surface area (Å²) < 4.78 is 67.6. The van der Waals surface area contributed by atoms with Gasteiger partial charge in [0.15, 0.2) is 0 Å². The summed E-state index contributed by atoms with van der Waals surface area (Å²) in [6.45, 7) is 0.457. The van der Waals surface area contributed by atoms with Crippen molar-refractivity contribution in [2.45, 2.75) is 30.0 Å². The molecule has 0 atom stereocenters. The number of carbonyl (C=O) groups is 1. The van der Waals surface area contributed by atoms with Crippen molar-refractivity contribution in [2.75, 3.05) is 20.1 Å². The summed E-state index contributed by atoms with van der Waals surface area (Å²) in [7, 11) is -2.25. The molecular formula is C20H20F3N5O3S. The Morgan fingerprint density at radius 2 is 1.75 bits per heavy atom. The molecule has 3 aromatic rings. The van der Waals surface area contributed by atoms with E-state index in [9.17, 15) is 26.4 Å². The Balaban J connectivity index is 1.48. The summed E-state index contributed by atoms with van der Waals surface area (Å²) in [5.41, 5.74) is 0.187. The first kappa shape index (κ1) is 22.2. The van der Waals surface area contributed by atoms with Gasteiger partial charge in [0, 0.05) is 25.7 Å². The topological polar surface area (TPSA) is 97.2 Å².